The average Bonchev–Trinajstić information content (AvgIpc) is 3.02. The monoisotopic (exact) mass is 394 g/mol. The highest BCUT2D eigenvalue weighted by molar-refractivity contribution is 5.92. The summed E-state index contributed by atoms with van der Waals surface area (Å²) in [4.78, 5) is 12.3. The quantitative estimate of drug-likeness (QED) is 0.619. The topological polar surface area (TPSA) is 61.7 Å². The van der Waals surface area contributed by atoms with Gasteiger partial charge in [0.2, 0.25) is 11.7 Å². The van der Waals surface area contributed by atoms with Gasteiger partial charge >= 0.3 is 0 Å². The van der Waals surface area contributed by atoms with E-state index in [2.05, 4.69) is 35.0 Å². The smallest absolute Gasteiger partial charge is 0.244 e. The zero-order chi connectivity index (χ0) is 21.0. The van der Waals surface area contributed by atoms with Gasteiger partial charge in [0.1, 0.15) is 0 Å². The van der Waals surface area contributed by atoms with Gasteiger partial charge in [0, 0.05) is 36.3 Å². The molecular weight excluding hydrogens is 368 g/mol. The highest BCUT2D eigenvalue weighted by Gasteiger charge is 2.12. The number of carbonyl (C=O) groups is 1. The maximum absolute atomic E-state index is 12.3. The molecular formula is C23H26N2O4. The normalized spacial score (nSPS) is 11.1. The number of nitrogens with one attached hydrogen (secondary N) is 1. The second-order valence-electron chi connectivity index (χ2n) is 6.75. The number of carbonyl (C=O) groups excluding carboxylic acids is 1. The van der Waals surface area contributed by atoms with Crippen LogP contribution < -0.4 is 19.5 Å². The average molecular weight is 394 g/mol. The van der Waals surface area contributed by atoms with Crippen molar-refractivity contribution in [1.29, 1.82) is 0 Å². The molecule has 29 heavy (non-hydrogen) atoms. The molecule has 0 atom stereocenters. The van der Waals surface area contributed by atoms with E-state index in [9.17, 15) is 4.79 Å². The number of amides is 1. The van der Waals surface area contributed by atoms with Crippen LogP contribution in [0.2, 0.25) is 0 Å². The van der Waals surface area contributed by atoms with Crippen LogP contribution in [-0.2, 0) is 18.4 Å². The number of nitrogens with zero attached hydrogens (tertiary/aromatic N) is 1. The van der Waals surface area contributed by atoms with Crippen LogP contribution in [0.25, 0.3) is 17.0 Å². The van der Waals surface area contributed by atoms with Crippen LogP contribution in [-0.4, -0.2) is 31.8 Å². The van der Waals surface area contributed by atoms with Gasteiger partial charge in [0.05, 0.1) is 21.3 Å². The molecule has 0 aliphatic rings. The lowest BCUT2D eigenvalue weighted by atomic mass is 10.1. The maximum Gasteiger partial charge on any atom is 0.244 e. The Morgan fingerprint density at radius 2 is 1.72 bits per heavy atom. The summed E-state index contributed by atoms with van der Waals surface area (Å²) in [5.41, 5.74) is 4.21. The fraction of sp³-hybridized carbons (Fsp3) is 0.261. The van der Waals surface area contributed by atoms with Gasteiger partial charge < -0.3 is 24.1 Å². The van der Waals surface area contributed by atoms with Crippen molar-refractivity contribution < 1.29 is 19.0 Å². The van der Waals surface area contributed by atoms with E-state index in [-0.39, 0.29) is 5.91 Å². The van der Waals surface area contributed by atoms with E-state index < -0.39 is 0 Å². The minimum absolute atomic E-state index is 0.178. The van der Waals surface area contributed by atoms with Crippen molar-refractivity contribution >= 4 is 22.9 Å². The maximum atomic E-state index is 12.3. The van der Waals surface area contributed by atoms with Gasteiger partial charge in [-0.3, -0.25) is 4.79 Å². The van der Waals surface area contributed by atoms with Crippen molar-refractivity contribution in [2.45, 2.75) is 13.5 Å². The molecule has 0 spiro atoms. The summed E-state index contributed by atoms with van der Waals surface area (Å²) in [6.07, 6.45) is 3.20. The largest absolute Gasteiger partial charge is 0.493 e. The predicted molar refractivity (Wildman–Crippen MR) is 115 cm³/mol. The van der Waals surface area contributed by atoms with Gasteiger partial charge in [0.15, 0.2) is 11.5 Å². The SMILES string of the molecule is COc1cc(C=CC(=O)NCc2ccc3c(c2)cc(C)n3C)cc(OC)c1OC. The Hall–Kier alpha value is -3.41. The number of aromatic nitrogens is 1. The minimum Gasteiger partial charge on any atom is -0.493 e. The fourth-order valence-electron chi connectivity index (χ4n) is 3.26. The summed E-state index contributed by atoms with van der Waals surface area (Å²) in [5.74, 6) is 1.42. The second kappa shape index (κ2) is 8.73. The van der Waals surface area contributed by atoms with E-state index in [1.54, 1.807) is 39.5 Å². The Bertz CT molecular complexity index is 1040. The highest BCUT2D eigenvalue weighted by Crippen LogP contribution is 2.38. The van der Waals surface area contributed by atoms with E-state index in [0.29, 0.717) is 23.8 Å². The van der Waals surface area contributed by atoms with Crippen LogP contribution in [0.4, 0.5) is 0 Å². The van der Waals surface area contributed by atoms with Gasteiger partial charge in [-0.05, 0) is 54.5 Å². The number of hydrogen-bond acceptors (Lipinski definition) is 4. The van der Waals surface area contributed by atoms with E-state index in [4.69, 9.17) is 14.2 Å². The number of benzene rings is 2. The summed E-state index contributed by atoms with van der Waals surface area (Å²) < 4.78 is 18.1. The lowest BCUT2D eigenvalue weighted by Crippen LogP contribution is -2.20. The van der Waals surface area contributed by atoms with E-state index in [1.807, 2.05) is 13.1 Å². The van der Waals surface area contributed by atoms with Gasteiger partial charge in [-0.15, -0.1) is 0 Å². The fourth-order valence-corrected chi connectivity index (χ4v) is 3.26. The first-order chi connectivity index (χ1) is 14.0. The third kappa shape index (κ3) is 4.37. The molecule has 152 valence electrons. The van der Waals surface area contributed by atoms with Crippen molar-refractivity contribution in [3.63, 3.8) is 0 Å². The first-order valence-corrected chi connectivity index (χ1v) is 9.27. The minimum atomic E-state index is -0.178. The third-order valence-electron chi connectivity index (χ3n) is 4.93. The predicted octanol–water partition coefficient (Wildman–Crippen LogP) is 3.84. The van der Waals surface area contributed by atoms with Crippen molar-refractivity contribution in [3.05, 3.63) is 59.3 Å². The molecule has 0 bridgehead atoms. The number of methoxy groups -OCH3 is 3. The molecule has 1 aromatic heterocycles. The molecule has 0 aliphatic heterocycles. The number of aryl methyl sites for hydroxylation is 2. The first-order valence-electron chi connectivity index (χ1n) is 9.27. The molecule has 0 unspecified atom stereocenters. The molecule has 3 rings (SSSR count). The summed E-state index contributed by atoms with van der Waals surface area (Å²) >= 11 is 0. The molecule has 6 nitrogen and oxygen atoms in total. The van der Waals surface area contributed by atoms with Crippen LogP contribution in [0.5, 0.6) is 17.2 Å². The molecule has 3 aromatic rings. The summed E-state index contributed by atoms with van der Waals surface area (Å²) in [6, 6.07) is 11.9. The van der Waals surface area contributed by atoms with E-state index in [1.165, 1.54) is 22.7 Å². The number of hydrogen-bond donors (Lipinski definition) is 1. The molecule has 0 fully saturated rings. The zero-order valence-corrected chi connectivity index (χ0v) is 17.4. The Morgan fingerprint density at radius 1 is 1.03 bits per heavy atom. The molecule has 0 saturated heterocycles. The van der Waals surface area contributed by atoms with Gasteiger partial charge in [-0.2, -0.15) is 0 Å². The van der Waals surface area contributed by atoms with Crippen molar-refractivity contribution in [2.75, 3.05) is 21.3 Å². The zero-order valence-electron chi connectivity index (χ0n) is 17.4. The van der Waals surface area contributed by atoms with Gasteiger partial charge in [-0.25, -0.2) is 0 Å². The van der Waals surface area contributed by atoms with Crippen LogP contribution in [0.15, 0.2) is 42.5 Å². The summed E-state index contributed by atoms with van der Waals surface area (Å²) in [7, 11) is 6.72. The van der Waals surface area contributed by atoms with Crippen LogP contribution >= 0.6 is 0 Å². The van der Waals surface area contributed by atoms with Crippen molar-refractivity contribution in [2.24, 2.45) is 7.05 Å². The van der Waals surface area contributed by atoms with Crippen molar-refractivity contribution in [3.8, 4) is 17.2 Å². The Kier molecular flexibility index (Phi) is 6.12. The Balaban J connectivity index is 1.68. The molecule has 6 heteroatoms. The summed E-state index contributed by atoms with van der Waals surface area (Å²) in [6.45, 7) is 2.54. The standard InChI is InChI=1S/C23H26N2O4/c1-15-10-18-11-17(6-8-19(18)25(15)2)14-24-22(26)9-7-16-12-20(27-3)23(29-5)21(13-16)28-4/h6-13H,14H2,1-5H3,(H,24,26). The molecule has 1 N–H and O–H groups in total. The van der Waals surface area contributed by atoms with E-state index >= 15 is 0 Å². The summed E-state index contributed by atoms with van der Waals surface area (Å²) in [5, 5.41) is 4.09. The van der Waals surface area contributed by atoms with Crippen LogP contribution in [0.3, 0.4) is 0 Å². The van der Waals surface area contributed by atoms with Gasteiger partial charge in [-0.1, -0.05) is 6.07 Å². The van der Waals surface area contributed by atoms with Crippen molar-refractivity contribution in [1.82, 2.24) is 9.88 Å². The Morgan fingerprint density at radius 3 is 2.34 bits per heavy atom. The number of rotatable bonds is 7. The third-order valence-corrected chi connectivity index (χ3v) is 4.93. The van der Waals surface area contributed by atoms with E-state index in [0.717, 1.165) is 11.1 Å². The first kappa shape index (κ1) is 20.3. The lowest BCUT2D eigenvalue weighted by Gasteiger charge is -2.12. The second-order valence-corrected chi connectivity index (χ2v) is 6.75. The van der Waals surface area contributed by atoms with Gasteiger partial charge in [0.25, 0.3) is 0 Å². The van der Waals surface area contributed by atoms with Crippen LogP contribution in [0, 0.1) is 6.92 Å². The number of ether oxygens (including phenoxy) is 3. The molecule has 2 aromatic carbocycles. The highest BCUT2D eigenvalue weighted by atomic mass is 16.5. The molecule has 1 heterocycles. The molecule has 0 radical (unpaired) electrons. The lowest BCUT2D eigenvalue weighted by molar-refractivity contribution is -0.116. The Labute approximate surface area is 170 Å². The molecule has 1 amide bonds. The molecule has 0 aliphatic carbocycles. The molecule has 0 saturated carbocycles. The van der Waals surface area contributed by atoms with Crippen LogP contribution in [0.1, 0.15) is 16.8 Å². The number of fused-ring (bicyclic) bond motifs is 1.